The first kappa shape index (κ1) is 21.5. The minimum absolute atomic E-state index is 0.235. The number of unbranched alkanes of at least 4 members (excludes halogenated alkanes) is 9. The Hall–Kier alpha value is -1.55. The van der Waals surface area contributed by atoms with Crippen LogP contribution in [0, 0.1) is 0 Å². The van der Waals surface area contributed by atoms with Gasteiger partial charge in [-0.25, -0.2) is 4.79 Å². The Balaban J connectivity index is 1.98. The number of carboxylic acid groups (broad SMARTS) is 1. The monoisotopic (exact) mass is 350 g/mol. The molecule has 0 heterocycles. The predicted molar refractivity (Wildman–Crippen MR) is 101 cm³/mol. The number of aliphatic hydroxyl groups excluding tert-OH is 1. The minimum atomic E-state index is -0.951. The van der Waals surface area contributed by atoms with Gasteiger partial charge in [-0.1, -0.05) is 71.1 Å². The van der Waals surface area contributed by atoms with Gasteiger partial charge in [0.2, 0.25) is 0 Å². The molecule has 1 atom stereocenters. The van der Waals surface area contributed by atoms with E-state index in [0.717, 1.165) is 12.8 Å². The standard InChI is InChI=1S/C21H34O4/c1-2-3-4-5-6-7-8-9-10-11-12-19(22)17-25-20-15-13-18(14-16-20)21(23)24/h13-16,19,22H,2-12,17H2,1H3,(H,23,24). The van der Waals surface area contributed by atoms with Crippen molar-refractivity contribution in [3.8, 4) is 5.75 Å². The Kier molecular flexibility index (Phi) is 11.8. The summed E-state index contributed by atoms with van der Waals surface area (Å²) in [5.41, 5.74) is 0.235. The highest BCUT2D eigenvalue weighted by Crippen LogP contribution is 2.15. The predicted octanol–water partition coefficient (Wildman–Crippen LogP) is 5.44. The number of carbonyl (C=O) groups is 1. The maximum atomic E-state index is 10.8. The topological polar surface area (TPSA) is 66.8 Å². The van der Waals surface area contributed by atoms with Crippen LogP contribution in [-0.2, 0) is 0 Å². The molecule has 4 heteroatoms. The number of aromatic carboxylic acids is 1. The lowest BCUT2D eigenvalue weighted by Gasteiger charge is -2.12. The van der Waals surface area contributed by atoms with Crippen LogP contribution in [0.3, 0.4) is 0 Å². The third kappa shape index (κ3) is 10.8. The van der Waals surface area contributed by atoms with Gasteiger partial charge >= 0.3 is 5.97 Å². The lowest BCUT2D eigenvalue weighted by Crippen LogP contribution is -2.17. The largest absolute Gasteiger partial charge is 0.491 e. The van der Waals surface area contributed by atoms with Crippen LogP contribution in [0.2, 0.25) is 0 Å². The van der Waals surface area contributed by atoms with Crippen LogP contribution in [0.15, 0.2) is 24.3 Å². The highest BCUT2D eigenvalue weighted by atomic mass is 16.5. The van der Waals surface area contributed by atoms with Gasteiger partial charge in [0.1, 0.15) is 12.4 Å². The summed E-state index contributed by atoms with van der Waals surface area (Å²) in [7, 11) is 0. The number of ether oxygens (including phenoxy) is 1. The summed E-state index contributed by atoms with van der Waals surface area (Å²) in [6, 6.07) is 6.26. The Morgan fingerprint density at radius 2 is 1.44 bits per heavy atom. The number of hydrogen-bond donors (Lipinski definition) is 2. The molecule has 0 fully saturated rings. The molecular weight excluding hydrogens is 316 g/mol. The molecule has 142 valence electrons. The SMILES string of the molecule is CCCCCCCCCCCCC(O)COc1ccc(C(=O)O)cc1. The molecule has 0 aliphatic heterocycles. The van der Waals surface area contributed by atoms with Gasteiger partial charge in [-0.2, -0.15) is 0 Å². The van der Waals surface area contributed by atoms with Crippen molar-refractivity contribution in [2.75, 3.05) is 6.61 Å². The average molecular weight is 350 g/mol. The molecule has 1 aromatic rings. The highest BCUT2D eigenvalue weighted by molar-refractivity contribution is 5.87. The Morgan fingerprint density at radius 1 is 0.920 bits per heavy atom. The van der Waals surface area contributed by atoms with E-state index >= 15 is 0 Å². The zero-order valence-corrected chi connectivity index (χ0v) is 15.6. The molecule has 25 heavy (non-hydrogen) atoms. The second-order valence-electron chi connectivity index (χ2n) is 6.77. The molecule has 0 amide bonds. The van der Waals surface area contributed by atoms with E-state index in [-0.39, 0.29) is 12.2 Å². The number of rotatable bonds is 15. The molecule has 0 saturated carbocycles. The van der Waals surface area contributed by atoms with E-state index in [1.807, 2.05) is 0 Å². The fourth-order valence-corrected chi connectivity index (χ4v) is 2.84. The molecule has 1 rings (SSSR count). The first-order valence-corrected chi connectivity index (χ1v) is 9.77. The van der Waals surface area contributed by atoms with Crippen molar-refractivity contribution in [3.63, 3.8) is 0 Å². The summed E-state index contributed by atoms with van der Waals surface area (Å²) in [6.45, 7) is 2.50. The molecule has 1 unspecified atom stereocenters. The van der Waals surface area contributed by atoms with Crippen LogP contribution in [0.4, 0.5) is 0 Å². The zero-order valence-electron chi connectivity index (χ0n) is 15.6. The van der Waals surface area contributed by atoms with Crippen LogP contribution in [0.25, 0.3) is 0 Å². The maximum absolute atomic E-state index is 10.8. The Labute approximate surface area is 152 Å². The number of aliphatic hydroxyl groups is 1. The van der Waals surface area contributed by atoms with Gasteiger partial charge in [0, 0.05) is 0 Å². The molecule has 0 bridgehead atoms. The van der Waals surface area contributed by atoms with Crippen molar-refractivity contribution in [2.24, 2.45) is 0 Å². The van der Waals surface area contributed by atoms with E-state index in [4.69, 9.17) is 9.84 Å². The van der Waals surface area contributed by atoms with Gasteiger partial charge in [0.25, 0.3) is 0 Å². The molecule has 0 aromatic heterocycles. The summed E-state index contributed by atoms with van der Waals surface area (Å²) in [5.74, 6) is -0.361. The van der Waals surface area contributed by atoms with Gasteiger partial charge in [0.15, 0.2) is 0 Å². The number of benzene rings is 1. The highest BCUT2D eigenvalue weighted by Gasteiger charge is 2.06. The van der Waals surface area contributed by atoms with Gasteiger partial charge < -0.3 is 14.9 Å². The maximum Gasteiger partial charge on any atom is 0.335 e. The zero-order chi connectivity index (χ0) is 18.3. The summed E-state index contributed by atoms with van der Waals surface area (Å²) >= 11 is 0. The van der Waals surface area contributed by atoms with E-state index in [0.29, 0.717) is 5.75 Å². The van der Waals surface area contributed by atoms with Gasteiger partial charge in [0.05, 0.1) is 11.7 Å². The number of carboxylic acids is 1. The lowest BCUT2D eigenvalue weighted by molar-refractivity contribution is 0.0696. The third-order valence-corrected chi connectivity index (χ3v) is 4.43. The van der Waals surface area contributed by atoms with Crippen molar-refractivity contribution in [2.45, 2.75) is 83.7 Å². The second-order valence-corrected chi connectivity index (χ2v) is 6.77. The molecule has 0 spiro atoms. The van der Waals surface area contributed by atoms with E-state index in [9.17, 15) is 9.90 Å². The molecule has 2 N–H and O–H groups in total. The molecule has 0 aliphatic carbocycles. The molecule has 4 nitrogen and oxygen atoms in total. The van der Waals surface area contributed by atoms with E-state index < -0.39 is 12.1 Å². The van der Waals surface area contributed by atoms with Crippen molar-refractivity contribution >= 4 is 5.97 Å². The molecule has 0 radical (unpaired) electrons. The van der Waals surface area contributed by atoms with Crippen molar-refractivity contribution in [1.82, 2.24) is 0 Å². The Morgan fingerprint density at radius 3 is 1.96 bits per heavy atom. The molecule has 0 aliphatic rings. The van der Waals surface area contributed by atoms with E-state index in [2.05, 4.69) is 6.92 Å². The summed E-state index contributed by atoms with van der Waals surface area (Å²) in [4.78, 5) is 10.8. The van der Waals surface area contributed by atoms with Gasteiger partial charge in [-0.05, 0) is 30.7 Å². The average Bonchev–Trinajstić information content (AvgIpc) is 2.62. The summed E-state index contributed by atoms with van der Waals surface area (Å²) in [5, 5.41) is 18.8. The summed E-state index contributed by atoms with van der Waals surface area (Å²) in [6.07, 6.45) is 13.1. The summed E-state index contributed by atoms with van der Waals surface area (Å²) < 4.78 is 5.50. The number of hydrogen-bond acceptors (Lipinski definition) is 3. The fraction of sp³-hybridized carbons (Fsp3) is 0.667. The third-order valence-electron chi connectivity index (χ3n) is 4.43. The molecule has 0 saturated heterocycles. The lowest BCUT2D eigenvalue weighted by atomic mass is 10.0. The fourth-order valence-electron chi connectivity index (χ4n) is 2.84. The molecule has 1 aromatic carbocycles. The smallest absolute Gasteiger partial charge is 0.335 e. The van der Waals surface area contributed by atoms with Gasteiger partial charge in [-0.3, -0.25) is 0 Å². The normalized spacial score (nSPS) is 12.1. The van der Waals surface area contributed by atoms with E-state index in [1.54, 1.807) is 12.1 Å². The first-order valence-electron chi connectivity index (χ1n) is 9.77. The van der Waals surface area contributed by atoms with Crippen molar-refractivity contribution in [1.29, 1.82) is 0 Å². The first-order chi connectivity index (χ1) is 12.1. The van der Waals surface area contributed by atoms with E-state index in [1.165, 1.54) is 69.9 Å². The van der Waals surface area contributed by atoms with Crippen LogP contribution in [0.5, 0.6) is 5.75 Å². The van der Waals surface area contributed by atoms with Crippen LogP contribution in [0.1, 0.15) is 87.9 Å². The quantitative estimate of drug-likeness (QED) is 0.414. The van der Waals surface area contributed by atoms with Crippen LogP contribution < -0.4 is 4.74 Å². The van der Waals surface area contributed by atoms with Crippen LogP contribution >= 0.6 is 0 Å². The van der Waals surface area contributed by atoms with Crippen molar-refractivity contribution in [3.05, 3.63) is 29.8 Å². The second kappa shape index (κ2) is 13.7. The molecular formula is C21H34O4. The minimum Gasteiger partial charge on any atom is -0.491 e. The van der Waals surface area contributed by atoms with Crippen molar-refractivity contribution < 1.29 is 19.7 Å². The van der Waals surface area contributed by atoms with Gasteiger partial charge in [-0.15, -0.1) is 0 Å². The Bertz CT molecular complexity index is 455. The van der Waals surface area contributed by atoms with Crippen LogP contribution in [-0.4, -0.2) is 28.9 Å².